The number of halogens is 2. The third kappa shape index (κ3) is 3.23. The summed E-state index contributed by atoms with van der Waals surface area (Å²) in [7, 11) is 0. The molecule has 8 nitrogen and oxygen atoms in total. The van der Waals surface area contributed by atoms with Gasteiger partial charge in [0.1, 0.15) is 16.6 Å². The number of ketones is 2. The Balaban J connectivity index is 1.47. The maximum absolute atomic E-state index is 14.0. The summed E-state index contributed by atoms with van der Waals surface area (Å²) in [6.45, 7) is 2.95. The van der Waals surface area contributed by atoms with Crippen LogP contribution in [0, 0.1) is 11.6 Å². The Hall–Kier alpha value is -3.05. The molecule has 3 aliphatic rings. The van der Waals surface area contributed by atoms with Gasteiger partial charge in [-0.25, -0.2) is 8.78 Å². The van der Waals surface area contributed by atoms with E-state index >= 15 is 0 Å². The highest BCUT2D eigenvalue weighted by atomic mass is 32.1. The summed E-state index contributed by atoms with van der Waals surface area (Å²) in [5, 5.41) is 8.64. The molecule has 2 saturated heterocycles. The summed E-state index contributed by atoms with van der Waals surface area (Å²) in [6, 6.07) is 1.62. The first-order valence-electron chi connectivity index (χ1n) is 10.1. The summed E-state index contributed by atoms with van der Waals surface area (Å²) in [6.07, 6.45) is 1.57. The highest BCUT2D eigenvalue weighted by Gasteiger charge is 2.54. The van der Waals surface area contributed by atoms with Gasteiger partial charge in [-0.1, -0.05) is 17.4 Å². The van der Waals surface area contributed by atoms with E-state index < -0.39 is 35.1 Å². The lowest BCUT2D eigenvalue weighted by Crippen LogP contribution is -2.68. The van der Waals surface area contributed by atoms with Crippen molar-refractivity contribution in [2.24, 2.45) is 0 Å². The van der Waals surface area contributed by atoms with Crippen LogP contribution >= 0.6 is 11.3 Å². The van der Waals surface area contributed by atoms with Crippen molar-refractivity contribution in [2.45, 2.75) is 31.5 Å². The topological polar surface area (TPSA) is 92.7 Å². The van der Waals surface area contributed by atoms with Crippen LogP contribution in [0.1, 0.15) is 22.5 Å². The van der Waals surface area contributed by atoms with E-state index in [-0.39, 0.29) is 34.6 Å². The maximum Gasteiger partial charge on any atom is 0.253 e. The van der Waals surface area contributed by atoms with Crippen LogP contribution in [0.15, 0.2) is 24.4 Å². The Kier molecular flexibility index (Phi) is 5.09. The van der Waals surface area contributed by atoms with Gasteiger partial charge in [0.2, 0.25) is 11.6 Å². The Bertz CT molecular complexity index is 1170. The van der Waals surface area contributed by atoms with E-state index in [0.717, 1.165) is 23.5 Å². The molecule has 32 heavy (non-hydrogen) atoms. The van der Waals surface area contributed by atoms with E-state index in [2.05, 4.69) is 10.2 Å². The van der Waals surface area contributed by atoms with Crippen molar-refractivity contribution < 1.29 is 27.9 Å². The number of ether oxygens (including phenoxy) is 1. The van der Waals surface area contributed by atoms with Gasteiger partial charge in [0.05, 0.1) is 30.9 Å². The number of allylic oxidation sites excluding steroid dienone is 1. The first-order valence-corrected chi connectivity index (χ1v) is 10.9. The normalized spacial score (nSPS) is 25.2. The second-order valence-corrected chi connectivity index (χ2v) is 8.86. The first-order chi connectivity index (χ1) is 15.4. The molecule has 166 valence electrons. The van der Waals surface area contributed by atoms with Crippen LogP contribution < -0.4 is 0 Å². The van der Waals surface area contributed by atoms with Crippen molar-refractivity contribution in [1.29, 1.82) is 0 Å². The van der Waals surface area contributed by atoms with Crippen molar-refractivity contribution in [3.05, 3.63) is 51.6 Å². The Labute approximate surface area is 185 Å². The number of piperazine rings is 1. The molecular weight excluding hydrogens is 442 g/mol. The molecule has 2 fully saturated rings. The van der Waals surface area contributed by atoms with Gasteiger partial charge < -0.3 is 14.5 Å². The molecule has 0 saturated carbocycles. The second kappa shape index (κ2) is 7.82. The summed E-state index contributed by atoms with van der Waals surface area (Å²) in [5.41, 5.74) is 0.291. The standard InChI is InChI=1S/C21H18F2N4O4S/c1-2-26-14-8-31-9-15(14)27-7-12(18(28)19(29)17(27)21(26)30)20-25-24-16(32-20)5-10-3-4-11(22)6-13(10)23/h3-4,6-7,14-15,17H,2,5,8-9H2,1H3/t14-,15+,17?/m0/s1. The molecule has 3 aliphatic heterocycles. The number of fused-ring (bicyclic) bond motifs is 3. The lowest BCUT2D eigenvalue weighted by molar-refractivity contribution is -0.154. The maximum atomic E-state index is 14.0. The zero-order chi connectivity index (χ0) is 22.6. The van der Waals surface area contributed by atoms with E-state index in [4.69, 9.17) is 4.74 Å². The van der Waals surface area contributed by atoms with Gasteiger partial charge >= 0.3 is 0 Å². The lowest BCUT2D eigenvalue weighted by atomic mass is 9.90. The smallest absolute Gasteiger partial charge is 0.253 e. The molecule has 2 aromatic rings. The number of Topliss-reactive ketones (excluding diaryl/α,β-unsaturated/α-hetero) is 2. The summed E-state index contributed by atoms with van der Waals surface area (Å²) >= 11 is 1.05. The van der Waals surface area contributed by atoms with Gasteiger partial charge in [0, 0.05) is 25.2 Å². The predicted molar refractivity (Wildman–Crippen MR) is 108 cm³/mol. The number of hydrogen-bond donors (Lipinski definition) is 0. The minimum Gasteiger partial charge on any atom is -0.377 e. The molecule has 5 rings (SSSR count). The summed E-state index contributed by atoms with van der Waals surface area (Å²) < 4.78 is 32.7. The molecule has 0 radical (unpaired) electrons. The third-order valence-electron chi connectivity index (χ3n) is 6.01. The largest absolute Gasteiger partial charge is 0.377 e. The molecule has 0 spiro atoms. The molecular formula is C21H18F2N4O4S. The fourth-order valence-corrected chi connectivity index (χ4v) is 5.31. The van der Waals surface area contributed by atoms with Crippen LogP contribution in [0.4, 0.5) is 8.78 Å². The van der Waals surface area contributed by atoms with Gasteiger partial charge in [-0.15, -0.1) is 10.2 Å². The number of carbonyl (C=O) groups is 3. The second-order valence-electron chi connectivity index (χ2n) is 7.80. The first kappa shape index (κ1) is 20.8. The SMILES string of the molecule is CCN1C(=O)C2C(=O)C(=O)C(c3nnc(Cc4ccc(F)cc4F)s3)=CN2[C@@H]2COC[C@@H]21. The Morgan fingerprint density at radius 2 is 1.94 bits per heavy atom. The Morgan fingerprint density at radius 3 is 2.69 bits per heavy atom. The van der Waals surface area contributed by atoms with E-state index in [0.29, 0.717) is 24.8 Å². The van der Waals surface area contributed by atoms with Crippen molar-refractivity contribution in [1.82, 2.24) is 20.0 Å². The number of nitrogens with zero attached hydrogens (tertiary/aromatic N) is 4. The van der Waals surface area contributed by atoms with Gasteiger partial charge in [0.25, 0.3) is 5.91 Å². The zero-order valence-corrected chi connectivity index (χ0v) is 17.8. The lowest BCUT2D eigenvalue weighted by Gasteiger charge is -2.47. The van der Waals surface area contributed by atoms with Crippen LogP contribution in [0.2, 0.25) is 0 Å². The van der Waals surface area contributed by atoms with Gasteiger partial charge in [-0.2, -0.15) is 0 Å². The van der Waals surface area contributed by atoms with Gasteiger partial charge in [-0.05, 0) is 18.6 Å². The quantitative estimate of drug-likeness (QED) is 0.500. The van der Waals surface area contributed by atoms with Crippen LogP contribution in [0.5, 0.6) is 0 Å². The van der Waals surface area contributed by atoms with E-state index in [9.17, 15) is 23.2 Å². The van der Waals surface area contributed by atoms with E-state index in [1.807, 2.05) is 6.92 Å². The van der Waals surface area contributed by atoms with Crippen molar-refractivity contribution in [2.75, 3.05) is 19.8 Å². The molecule has 1 amide bonds. The number of amides is 1. The molecule has 3 atom stereocenters. The fraction of sp³-hybridized carbons (Fsp3) is 0.381. The highest BCUT2D eigenvalue weighted by Crippen LogP contribution is 2.35. The molecule has 0 aliphatic carbocycles. The fourth-order valence-electron chi connectivity index (χ4n) is 4.44. The average molecular weight is 460 g/mol. The van der Waals surface area contributed by atoms with E-state index in [1.165, 1.54) is 12.3 Å². The number of aromatic nitrogens is 2. The van der Waals surface area contributed by atoms with Gasteiger partial charge in [0.15, 0.2) is 11.0 Å². The third-order valence-corrected chi connectivity index (χ3v) is 6.97. The average Bonchev–Trinajstić information content (AvgIpc) is 3.42. The van der Waals surface area contributed by atoms with Crippen LogP contribution in [0.25, 0.3) is 5.57 Å². The number of likely N-dealkylation sites (N-methyl/N-ethyl adjacent to an activating group) is 1. The van der Waals surface area contributed by atoms with Crippen molar-refractivity contribution in [3.8, 4) is 0 Å². The van der Waals surface area contributed by atoms with Crippen LogP contribution in [-0.4, -0.2) is 75.4 Å². The molecule has 0 N–H and O–H groups in total. The molecule has 1 aromatic carbocycles. The monoisotopic (exact) mass is 460 g/mol. The summed E-state index contributed by atoms with van der Waals surface area (Å²) in [5.74, 6) is -3.40. The number of benzene rings is 1. The number of carbonyl (C=O) groups excluding carboxylic acids is 3. The predicted octanol–water partition coefficient (Wildman–Crippen LogP) is 1.20. The molecule has 4 heterocycles. The Morgan fingerprint density at radius 1 is 1.16 bits per heavy atom. The van der Waals surface area contributed by atoms with Crippen LogP contribution in [0.3, 0.4) is 0 Å². The molecule has 1 aromatic heterocycles. The minimum absolute atomic E-state index is 0.0537. The minimum atomic E-state index is -1.20. The summed E-state index contributed by atoms with van der Waals surface area (Å²) in [4.78, 5) is 41.9. The van der Waals surface area contributed by atoms with Crippen LogP contribution in [-0.2, 0) is 25.5 Å². The van der Waals surface area contributed by atoms with Crippen molar-refractivity contribution >= 4 is 34.4 Å². The van der Waals surface area contributed by atoms with E-state index in [1.54, 1.807) is 9.80 Å². The molecule has 11 heteroatoms. The highest BCUT2D eigenvalue weighted by molar-refractivity contribution is 7.13. The van der Waals surface area contributed by atoms with Gasteiger partial charge in [-0.3, -0.25) is 14.4 Å². The molecule has 1 unspecified atom stereocenters. The number of rotatable bonds is 4. The number of hydrogen-bond acceptors (Lipinski definition) is 8. The zero-order valence-electron chi connectivity index (χ0n) is 17.0. The molecule has 0 bridgehead atoms. The van der Waals surface area contributed by atoms with Crippen molar-refractivity contribution in [3.63, 3.8) is 0 Å².